The molecule has 0 unspecified atom stereocenters. The van der Waals surface area contributed by atoms with Crippen molar-refractivity contribution >= 4 is 11.8 Å². The Morgan fingerprint density at radius 3 is 2.33 bits per heavy atom. The average molecular weight is 292 g/mol. The second-order valence-electron chi connectivity index (χ2n) is 4.86. The number of carbonyl (C=O) groups is 2. The summed E-state index contributed by atoms with van der Waals surface area (Å²) in [5, 5.41) is 14.2. The zero-order valence-electron chi connectivity index (χ0n) is 12.3. The molecule has 0 saturated heterocycles. The van der Waals surface area contributed by atoms with E-state index in [0.29, 0.717) is 18.7 Å². The quantitative estimate of drug-likeness (QED) is 0.571. The molecule has 0 aliphatic carbocycles. The molecule has 0 heterocycles. The molecule has 0 fully saturated rings. The number of hydrogen-bond acceptors (Lipinski definition) is 3. The predicted octanol–water partition coefficient (Wildman–Crippen LogP) is 1.48. The van der Waals surface area contributed by atoms with Crippen LogP contribution < -0.4 is 10.6 Å². The summed E-state index contributed by atoms with van der Waals surface area (Å²) in [6.45, 7) is 1.22. The first-order valence-electron chi connectivity index (χ1n) is 7.45. The van der Waals surface area contributed by atoms with Crippen molar-refractivity contribution in [3.8, 4) is 0 Å². The van der Waals surface area contributed by atoms with Crippen LogP contribution in [0.15, 0.2) is 30.3 Å². The van der Waals surface area contributed by atoms with Crippen LogP contribution in [-0.2, 0) is 4.79 Å². The minimum absolute atomic E-state index is 0.0504. The van der Waals surface area contributed by atoms with Gasteiger partial charge in [-0.25, -0.2) is 0 Å². The van der Waals surface area contributed by atoms with E-state index < -0.39 is 0 Å². The summed E-state index contributed by atoms with van der Waals surface area (Å²) in [6.07, 6.45) is 4.02. The van der Waals surface area contributed by atoms with Crippen molar-refractivity contribution in [1.82, 2.24) is 10.6 Å². The van der Waals surface area contributed by atoms with E-state index in [2.05, 4.69) is 10.6 Å². The molecule has 1 aromatic rings. The summed E-state index contributed by atoms with van der Waals surface area (Å²) >= 11 is 0. The van der Waals surface area contributed by atoms with Gasteiger partial charge < -0.3 is 15.7 Å². The fourth-order valence-electron chi connectivity index (χ4n) is 1.89. The largest absolute Gasteiger partial charge is 0.396 e. The summed E-state index contributed by atoms with van der Waals surface area (Å²) in [5.74, 6) is -0.210. The van der Waals surface area contributed by atoms with E-state index in [9.17, 15) is 9.59 Å². The topological polar surface area (TPSA) is 78.4 Å². The van der Waals surface area contributed by atoms with Gasteiger partial charge in [0.15, 0.2) is 0 Å². The van der Waals surface area contributed by atoms with E-state index in [4.69, 9.17) is 5.11 Å². The fraction of sp³-hybridized carbons (Fsp3) is 0.500. The minimum atomic E-state index is -0.160. The van der Waals surface area contributed by atoms with E-state index in [-0.39, 0.29) is 24.8 Å². The number of aliphatic hydroxyl groups excluding tert-OH is 1. The number of amides is 2. The molecule has 1 rings (SSSR count). The number of aliphatic hydroxyl groups is 1. The van der Waals surface area contributed by atoms with Crippen LogP contribution in [0.1, 0.15) is 42.5 Å². The van der Waals surface area contributed by atoms with Crippen LogP contribution in [-0.4, -0.2) is 36.6 Å². The van der Waals surface area contributed by atoms with Crippen LogP contribution in [0, 0.1) is 0 Å². The molecule has 0 atom stereocenters. The van der Waals surface area contributed by atoms with Crippen LogP contribution >= 0.6 is 0 Å². The van der Waals surface area contributed by atoms with Gasteiger partial charge in [-0.2, -0.15) is 0 Å². The maximum atomic E-state index is 11.7. The van der Waals surface area contributed by atoms with Gasteiger partial charge in [0.1, 0.15) is 0 Å². The van der Waals surface area contributed by atoms with Gasteiger partial charge in [0.2, 0.25) is 5.91 Å². The molecule has 0 bridgehead atoms. The highest BCUT2D eigenvalue weighted by Gasteiger charge is 2.05. The molecule has 0 spiro atoms. The number of carbonyl (C=O) groups excluding carboxylic acids is 2. The van der Waals surface area contributed by atoms with Gasteiger partial charge in [-0.05, 0) is 25.0 Å². The normalized spacial score (nSPS) is 10.1. The van der Waals surface area contributed by atoms with E-state index in [1.807, 2.05) is 6.07 Å². The van der Waals surface area contributed by atoms with Gasteiger partial charge in [-0.1, -0.05) is 31.0 Å². The van der Waals surface area contributed by atoms with Crippen LogP contribution in [0.2, 0.25) is 0 Å². The molecule has 1 aromatic carbocycles. The third-order valence-electron chi connectivity index (χ3n) is 3.08. The molecule has 0 aromatic heterocycles. The number of rotatable bonds is 10. The zero-order valence-corrected chi connectivity index (χ0v) is 12.3. The number of unbranched alkanes of at least 4 members (excludes halogenated alkanes) is 3. The lowest BCUT2D eigenvalue weighted by atomic mass is 10.2. The lowest BCUT2D eigenvalue weighted by molar-refractivity contribution is -0.120. The van der Waals surface area contributed by atoms with Crippen molar-refractivity contribution in [3.63, 3.8) is 0 Å². The first-order valence-corrected chi connectivity index (χ1v) is 7.45. The van der Waals surface area contributed by atoms with Crippen molar-refractivity contribution in [2.75, 3.05) is 19.7 Å². The Labute approximate surface area is 125 Å². The Morgan fingerprint density at radius 1 is 0.905 bits per heavy atom. The zero-order chi connectivity index (χ0) is 15.3. The molecular formula is C16H24N2O3. The van der Waals surface area contributed by atoms with Crippen molar-refractivity contribution in [2.45, 2.75) is 32.1 Å². The summed E-state index contributed by atoms with van der Waals surface area (Å²) in [6, 6.07) is 8.94. The summed E-state index contributed by atoms with van der Waals surface area (Å²) < 4.78 is 0. The summed E-state index contributed by atoms with van der Waals surface area (Å²) in [5.41, 5.74) is 0.599. The Morgan fingerprint density at radius 2 is 1.62 bits per heavy atom. The molecule has 21 heavy (non-hydrogen) atoms. The van der Waals surface area contributed by atoms with E-state index in [1.54, 1.807) is 24.3 Å². The van der Waals surface area contributed by atoms with Gasteiger partial charge >= 0.3 is 0 Å². The van der Waals surface area contributed by atoms with Gasteiger partial charge in [-0.3, -0.25) is 9.59 Å². The summed E-state index contributed by atoms with van der Waals surface area (Å²) in [4.78, 5) is 23.3. The molecule has 0 aliphatic heterocycles. The van der Waals surface area contributed by atoms with Gasteiger partial charge in [0, 0.05) is 31.7 Å². The van der Waals surface area contributed by atoms with E-state index in [1.165, 1.54) is 0 Å². The van der Waals surface area contributed by atoms with Crippen molar-refractivity contribution in [2.24, 2.45) is 0 Å². The summed E-state index contributed by atoms with van der Waals surface area (Å²) in [7, 11) is 0. The lowest BCUT2D eigenvalue weighted by Gasteiger charge is -2.06. The molecule has 0 radical (unpaired) electrons. The Balaban J connectivity index is 2.04. The molecule has 5 heteroatoms. The van der Waals surface area contributed by atoms with Crippen LogP contribution in [0.4, 0.5) is 0 Å². The maximum absolute atomic E-state index is 11.7. The average Bonchev–Trinajstić information content (AvgIpc) is 2.51. The number of nitrogens with one attached hydrogen (secondary N) is 2. The highest BCUT2D eigenvalue weighted by Crippen LogP contribution is 1.98. The van der Waals surface area contributed by atoms with Gasteiger partial charge in [0.25, 0.3) is 5.91 Å². The lowest BCUT2D eigenvalue weighted by Crippen LogP contribution is -2.31. The van der Waals surface area contributed by atoms with Crippen molar-refractivity contribution < 1.29 is 14.7 Å². The highest BCUT2D eigenvalue weighted by atomic mass is 16.3. The molecule has 0 saturated carbocycles. The highest BCUT2D eigenvalue weighted by molar-refractivity contribution is 5.94. The molecule has 2 amide bonds. The van der Waals surface area contributed by atoms with Crippen molar-refractivity contribution in [3.05, 3.63) is 35.9 Å². The van der Waals surface area contributed by atoms with Crippen LogP contribution in [0.25, 0.3) is 0 Å². The van der Waals surface area contributed by atoms with E-state index in [0.717, 1.165) is 25.7 Å². The predicted molar refractivity (Wildman–Crippen MR) is 82.0 cm³/mol. The van der Waals surface area contributed by atoms with Gasteiger partial charge in [0.05, 0.1) is 0 Å². The van der Waals surface area contributed by atoms with Crippen LogP contribution in [0.3, 0.4) is 0 Å². The first-order chi connectivity index (χ1) is 10.2. The molecule has 116 valence electrons. The Kier molecular flexibility index (Phi) is 8.88. The smallest absolute Gasteiger partial charge is 0.251 e. The Hall–Kier alpha value is -1.88. The monoisotopic (exact) mass is 292 g/mol. The van der Waals surface area contributed by atoms with Crippen molar-refractivity contribution in [1.29, 1.82) is 0 Å². The molecular weight excluding hydrogens is 268 g/mol. The first kappa shape index (κ1) is 17.2. The SMILES string of the molecule is O=C(CCNC(=O)c1ccccc1)NCCCCCCO. The molecule has 0 aliphatic rings. The molecule has 3 N–H and O–H groups in total. The second-order valence-corrected chi connectivity index (χ2v) is 4.86. The van der Waals surface area contributed by atoms with E-state index >= 15 is 0 Å². The third kappa shape index (κ3) is 8.09. The van der Waals surface area contributed by atoms with Crippen LogP contribution in [0.5, 0.6) is 0 Å². The third-order valence-corrected chi connectivity index (χ3v) is 3.08. The van der Waals surface area contributed by atoms with Gasteiger partial charge in [-0.15, -0.1) is 0 Å². The Bertz CT molecular complexity index is 421. The molecule has 5 nitrogen and oxygen atoms in total. The second kappa shape index (κ2) is 10.9. The standard InChI is InChI=1S/C16H24N2O3/c19-13-7-2-1-6-11-17-15(20)10-12-18-16(21)14-8-4-3-5-9-14/h3-5,8-9,19H,1-2,6-7,10-13H2,(H,17,20)(H,18,21). The minimum Gasteiger partial charge on any atom is -0.396 e. The fourth-order valence-corrected chi connectivity index (χ4v) is 1.89. The maximum Gasteiger partial charge on any atom is 0.251 e. The number of hydrogen-bond donors (Lipinski definition) is 3. The number of benzene rings is 1.